The number of piperazine rings is 1. The summed E-state index contributed by atoms with van der Waals surface area (Å²) in [6, 6.07) is 19.0. The van der Waals surface area contributed by atoms with Gasteiger partial charge in [0.1, 0.15) is 0 Å². The van der Waals surface area contributed by atoms with Crippen molar-refractivity contribution < 1.29 is 4.79 Å². The van der Waals surface area contributed by atoms with Gasteiger partial charge in [0.2, 0.25) is 5.91 Å². The first-order valence-corrected chi connectivity index (χ1v) is 11.3. The van der Waals surface area contributed by atoms with Crippen molar-refractivity contribution in [2.75, 3.05) is 39.8 Å². The molecule has 1 N–H and O–H groups in total. The molecule has 0 saturated carbocycles. The van der Waals surface area contributed by atoms with Gasteiger partial charge in [0.25, 0.3) is 0 Å². The number of hydrogen-bond acceptors (Lipinski definition) is 3. The lowest BCUT2D eigenvalue weighted by atomic mass is 10.1. The Morgan fingerprint density at radius 2 is 1.53 bits per heavy atom. The molecule has 1 fully saturated rings. The quantitative estimate of drug-likeness (QED) is 0.261. The molecule has 1 amide bonds. The number of hydrogen-bond donors (Lipinski definition) is 1. The third-order valence-corrected chi connectivity index (χ3v) is 6.18. The summed E-state index contributed by atoms with van der Waals surface area (Å²) < 4.78 is 0. The molecule has 2 aromatic rings. The summed E-state index contributed by atoms with van der Waals surface area (Å²) in [5.74, 6) is 1.18. The number of amides is 1. The molecule has 0 aromatic heterocycles. The fourth-order valence-electron chi connectivity index (χ4n) is 4.40. The number of fused-ring (bicyclic) bond motifs is 1. The van der Waals surface area contributed by atoms with E-state index >= 15 is 0 Å². The standard InChI is InChI=1S/C25H33N5O.HI/c1-26-25(29-16-14-28(15-17-29)18-21-8-3-2-4-9-21)27-13-7-12-24(31)30-19-22-10-5-6-11-23(22)20-30;/h2-6,8-11H,7,12-20H2,1H3,(H,26,27);1H. The van der Waals surface area contributed by atoms with Crippen LogP contribution >= 0.6 is 24.0 Å². The maximum absolute atomic E-state index is 12.6. The number of aliphatic imine (C=N–C) groups is 1. The predicted molar refractivity (Wildman–Crippen MR) is 140 cm³/mol. The third kappa shape index (κ3) is 6.45. The molecule has 2 aromatic carbocycles. The monoisotopic (exact) mass is 547 g/mol. The Hall–Kier alpha value is -2.13. The Balaban J connectivity index is 0.00000289. The molecular weight excluding hydrogens is 513 g/mol. The van der Waals surface area contributed by atoms with Crippen LogP contribution in [0.3, 0.4) is 0 Å². The molecule has 172 valence electrons. The predicted octanol–water partition coefficient (Wildman–Crippen LogP) is 3.32. The maximum Gasteiger partial charge on any atom is 0.223 e. The van der Waals surface area contributed by atoms with Crippen molar-refractivity contribution in [2.45, 2.75) is 32.5 Å². The first-order valence-electron chi connectivity index (χ1n) is 11.3. The van der Waals surface area contributed by atoms with E-state index < -0.39 is 0 Å². The van der Waals surface area contributed by atoms with E-state index in [4.69, 9.17) is 0 Å². The molecule has 0 atom stereocenters. The lowest BCUT2D eigenvalue weighted by Gasteiger charge is -2.36. The molecule has 6 nitrogen and oxygen atoms in total. The number of guanidine groups is 1. The van der Waals surface area contributed by atoms with Crippen LogP contribution in [0.15, 0.2) is 59.6 Å². The van der Waals surface area contributed by atoms with Gasteiger partial charge in [-0.2, -0.15) is 0 Å². The van der Waals surface area contributed by atoms with Crippen molar-refractivity contribution in [3.05, 3.63) is 71.3 Å². The fraction of sp³-hybridized carbons (Fsp3) is 0.440. The van der Waals surface area contributed by atoms with Gasteiger partial charge < -0.3 is 15.1 Å². The van der Waals surface area contributed by atoms with E-state index in [0.29, 0.717) is 6.42 Å². The molecular formula is C25H34IN5O. The highest BCUT2D eigenvalue weighted by atomic mass is 127. The van der Waals surface area contributed by atoms with E-state index in [1.54, 1.807) is 0 Å². The molecule has 0 radical (unpaired) electrons. The topological polar surface area (TPSA) is 51.2 Å². The van der Waals surface area contributed by atoms with E-state index in [0.717, 1.165) is 64.7 Å². The highest BCUT2D eigenvalue weighted by molar-refractivity contribution is 14.0. The first kappa shape index (κ1) is 24.5. The van der Waals surface area contributed by atoms with Crippen LogP contribution in [0.4, 0.5) is 0 Å². The molecule has 2 heterocycles. The maximum atomic E-state index is 12.6. The second-order valence-corrected chi connectivity index (χ2v) is 8.34. The smallest absolute Gasteiger partial charge is 0.223 e. The van der Waals surface area contributed by atoms with E-state index in [2.05, 4.69) is 62.6 Å². The Bertz CT molecular complexity index is 871. The highest BCUT2D eigenvalue weighted by Gasteiger charge is 2.23. The number of rotatable bonds is 6. The lowest BCUT2D eigenvalue weighted by Crippen LogP contribution is -2.52. The second-order valence-electron chi connectivity index (χ2n) is 8.34. The Morgan fingerprint density at radius 1 is 0.906 bits per heavy atom. The van der Waals surface area contributed by atoms with Crippen LogP contribution in [0.5, 0.6) is 0 Å². The van der Waals surface area contributed by atoms with Crippen LogP contribution in [0, 0.1) is 0 Å². The van der Waals surface area contributed by atoms with Crippen LogP contribution in [-0.2, 0) is 24.4 Å². The zero-order chi connectivity index (χ0) is 21.5. The van der Waals surface area contributed by atoms with Gasteiger partial charge in [0.15, 0.2) is 5.96 Å². The molecule has 32 heavy (non-hydrogen) atoms. The van der Waals surface area contributed by atoms with Crippen molar-refractivity contribution in [1.82, 2.24) is 20.0 Å². The fourth-order valence-corrected chi connectivity index (χ4v) is 4.40. The van der Waals surface area contributed by atoms with Crippen molar-refractivity contribution in [1.29, 1.82) is 0 Å². The largest absolute Gasteiger partial charge is 0.356 e. The van der Waals surface area contributed by atoms with Crippen LogP contribution in [0.1, 0.15) is 29.5 Å². The van der Waals surface area contributed by atoms with E-state index in [1.807, 2.05) is 24.1 Å². The van der Waals surface area contributed by atoms with Crippen LogP contribution < -0.4 is 5.32 Å². The molecule has 0 bridgehead atoms. The zero-order valence-corrected chi connectivity index (χ0v) is 21.2. The number of carbonyl (C=O) groups excluding carboxylic acids is 1. The van der Waals surface area contributed by atoms with Crippen LogP contribution in [-0.4, -0.2) is 66.3 Å². The number of benzene rings is 2. The second kappa shape index (κ2) is 12.2. The van der Waals surface area contributed by atoms with Gasteiger partial charge in [-0.05, 0) is 23.1 Å². The minimum Gasteiger partial charge on any atom is -0.356 e. The number of nitrogens with zero attached hydrogens (tertiary/aromatic N) is 4. The molecule has 2 aliphatic heterocycles. The van der Waals surface area contributed by atoms with Gasteiger partial charge in [-0.25, -0.2) is 0 Å². The number of carbonyl (C=O) groups is 1. The minimum absolute atomic E-state index is 0. The third-order valence-electron chi connectivity index (χ3n) is 6.18. The molecule has 1 saturated heterocycles. The van der Waals surface area contributed by atoms with Crippen molar-refractivity contribution >= 4 is 35.8 Å². The number of halogens is 1. The summed E-state index contributed by atoms with van der Waals surface area (Å²) in [5, 5.41) is 3.45. The van der Waals surface area contributed by atoms with Gasteiger partial charge in [0.05, 0.1) is 0 Å². The van der Waals surface area contributed by atoms with E-state index in [1.165, 1.54) is 16.7 Å². The van der Waals surface area contributed by atoms with E-state index in [-0.39, 0.29) is 29.9 Å². The van der Waals surface area contributed by atoms with Gasteiger partial charge >= 0.3 is 0 Å². The minimum atomic E-state index is 0. The first-order chi connectivity index (χ1) is 15.2. The van der Waals surface area contributed by atoms with Crippen molar-refractivity contribution in [3.63, 3.8) is 0 Å². The normalized spacial score (nSPS) is 16.5. The SMILES string of the molecule is CN=C(NCCCC(=O)N1Cc2ccccc2C1)N1CCN(Cc2ccccc2)CC1.I. The van der Waals surface area contributed by atoms with E-state index in [9.17, 15) is 4.79 Å². The molecule has 0 aliphatic carbocycles. The Kier molecular flexibility index (Phi) is 9.35. The van der Waals surface area contributed by atoms with Gasteiger partial charge in [-0.3, -0.25) is 14.7 Å². The summed E-state index contributed by atoms with van der Waals surface area (Å²) in [5.41, 5.74) is 3.92. The summed E-state index contributed by atoms with van der Waals surface area (Å²) in [6.45, 7) is 7.27. The highest BCUT2D eigenvalue weighted by Crippen LogP contribution is 2.22. The summed E-state index contributed by atoms with van der Waals surface area (Å²) in [4.78, 5) is 23.8. The van der Waals surface area contributed by atoms with Crippen LogP contribution in [0.25, 0.3) is 0 Å². The van der Waals surface area contributed by atoms with Crippen LogP contribution in [0.2, 0.25) is 0 Å². The summed E-state index contributed by atoms with van der Waals surface area (Å²) in [6.07, 6.45) is 1.39. The van der Waals surface area contributed by atoms with Crippen molar-refractivity contribution in [3.8, 4) is 0 Å². The van der Waals surface area contributed by atoms with Gasteiger partial charge in [0, 0.05) is 65.8 Å². The Labute approximate surface area is 208 Å². The van der Waals surface area contributed by atoms with Gasteiger partial charge in [-0.1, -0.05) is 54.6 Å². The zero-order valence-electron chi connectivity index (χ0n) is 18.9. The summed E-state index contributed by atoms with van der Waals surface area (Å²) >= 11 is 0. The molecule has 2 aliphatic rings. The van der Waals surface area contributed by atoms with Crippen molar-refractivity contribution in [2.24, 2.45) is 4.99 Å². The molecule has 4 rings (SSSR count). The average molecular weight is 547 g/mol. The summed E-state index contributed by atoms with van der Waals surface area (Å²) in [7, 11) is 1.84. The molecule has 0 spiro atoms. The van der Waals surface area contributed by atoms with Gasteiger partial charge in [-0.15, -0.1) is 24.0 Å². The average Bonchev–Trinajstić information content (AvgIpc) is 3.25. The number of nitrogens with one attached hydrogen (secondary N) is 1. The molecule has 7 heteroatoms. The lowest BCUT2D eigenvalue weighted by molar-refractivity contribution is -0.131. The Morgan fingerprint density at radius 3 is 2.16 bits per heavy atom. The molecule has 0 unspecified atom stereocenters.